The number of carbonyl (C=O) groups excluding carboxylic acids is 3. The molecule has 10 heteroatoms. The van der Waals surface area contributed by atoms with E-state index in [-0.39, 0.29) is 13.0 Å². The van der Waals surface area contributed by atoms with E-state index < -0.39 is 29.3 Å². The number of amides is 4. The molecular weight excluding hydrogens is 536 g/mol. The Morgan fingerprint density at radius 3 is 2.38 bits per heavy atom. The van der Waals surface area contributed by atoms with Gasteiger partial charge in [0.1, 0.15) is 5.75 Å². The molecule has 0 unspecified atom stereocenters. The summed E-state index contributed by atoms with van der Waals surface area (Å²) in [6.07, 6.45) is 0.609. The van der Waals surface area contributed by atoms with Crippen molar-refractivity contribution in [2.24, 2.45) is 5.41 Å². The highest BCUT2D eigenvalue weighted by atomic mass is 16.5. The number of benzene rings is 3. The van der Waals surface area contributed by atoms with E-state index in [4.69, 9.17) is 14.2 Å². The molecule has 2 atom stereocenters. The fourth-order valence-corrected chi connectivity index (χ4v) is 6.52. The predicted molar refractivity (Wildman–Crippen MR) is 157 cm³/mol. The van der Waals surface area contributed by atoms with E-state index in [1.165, 1.54) is 4.90 Å². The second kappa shape index (κ2) is 10.9. The summed E-state index contributed by atoms with van der Waals surface area (Å²) in [7, 11) is 4.75. The first-order valence-electron chi connectivity index (χ1n) is 14.0. The maximum Gasteiger partial charge on any atom is 0.330 e. The van der Waals surface area contributed by atoms with Gasteiger partial charge < -0.3 is 24.0 Å². The third-order valence-corrected chi connectivity index (χ3v) is 8.73. The number of methoxy groups -OCH3 is 3. The highest BCUT2D eigenvalue weighted by Crippen LogP contribution is 2.46. The van der Waals surface area contributed by atoms with Gasteiger partial charge in [0.05, 0.1) is 27.4 Å². The summed E-state index contributed by atoms with van der Waals surface area (Å²) in [5, 5.41) is 2.55. The Balaban J connectivity index is 1.34. The van der Waals surface area contributed by atoms with Gasteiger partial charge in [-0.1, -0.05) is 24.3 Å². The molecule has 42 heavy (non-hydrogen) atoms. The zero-order chi connectivity index (χ0) is 29.4. The van der Waals surface area contributed by atoms with E-state index in [0.717, 1.165) is 28.3 Å². The van der Waals surface area contributed by atoms with Gasteiger partial charge in [0.25, 0.3) is 0 Å². The quantitative estimate of drug-likeness (QED) is 0.432. The van der Waals surface area contributed by atoms with Crippen LogP contribution in [-0.2, 0) is 22.4 Å². The Morgan fingerprint density at radius 1 is 0.881 bits per heavy atom. The summed E-state index contributed by atoms with van der Waals surface area (Å²) in [6.45, 7) is 1.89. The van der Waals surface area contributed by atoms with Crippen molar-refractivity contribution in [2.75, 3.05) is 57.3 Å². The van der Waals surface area contributed by atoms with Crippen LogP contribution in [0.1, 0.15) is 11.1 Å². The van der Waals surface area contributed by atoms with Gasteiger partial charge in [-0.05, 0) is 66.4 Å². The van der Waals surface area contributed by atoms with E-state index in [2.05, 4.69) is 15.1 Å². The van der Waals surface area contributed by atoms with Crippen molar-refractivity contribution >= 4 is 29.2 Å². The van der Waals surface area contributed by atoms with Crippen LogP contribution in [0.15, 0.2) is 66.7 Å². The molecular formula is C32H34N4O6. The molecule has 2 saturated heterocycles. The molecule has 10 nitrogen and oxygen atoms in total. The minimum Gasteiger partial charge on any atom is -0.497 e. The number of nitrogens with one attached hydrogen (secondary N) is 1. The summed E-state index contributed by atoms with van der Waals surface area (Å²) >= 11 is 0. The van der Waals surface area contributed by atoms with Crippen molar-refractivity contribution in [1.82, 2.24) is 10.2 Å². The zero-order valence-corrected chi connectivity index (χ0v) is 24.0. The van der Waals surface area contributed by atoms with E-state index in [1.807, 2.05) is 60.7 Å². The molecule has 0 radical (unpaired) electrons. The van der Waals surface area contributed by atoms with Crippen molar-refractivity contribution in [2.45, 2.75) is 18.9 Å². The number of barbiturate groups is 1. The Bertz CT molecular complexity index is 1530. The van der Waals surface area contributed by atoms with E-state index >= 15 is 0 Å². The Kier molecular flexibility index (Phi) is 7.14. The molecule has 0 saturated carbocycles. The summed E-state index contributed by atoms with van der Waals surface area (Å²) < 4.78 is 16.1. The lowest BCUT2D eigenvalue weighted by molar-refractivity contribution is -0.153. The van der Waals surface area contributed by atoms with Crippen LogP contribution in [0.25, 0.3) is 0 Å². The number of nitrogens with zero attached hydrogens (tertiary/aromatic N) is 3. The van der Waals surface area contributed by atoms with Crippen LogP contribution in [0.5, 0.6) is 17.2 Å². The van der Waals surface area contributed by atoms with Gasteiger partial charge in [0.2, 0.25) is 11.8 Å². The minimum absolute atomic E-state index is 0.117. The van der Waals surface area contributed by atoms with Gasteiger partial charge in [-0.2, -0.15) is 0 Å². The molecule has 0 bridgehead atoms. The number of imide groups is 2. The number of hydrogen-bond donors (Lipinski definition) is 1. The lowest BCUT2D eigenvalue weighted by Gasteiger charge is -2.55. The maximum absolute atomic E-state index is 14.5. The average molecular weight is 571 g/mol. The molecule has 3 heterocycles. The lowest BCUT2D eigenvalue weighted by Crippen LogP contribution is -2.75. The summed E-state index contributed by atoms with van der Waals surface area (Å²) in [5.41, 5.74) is 2.33. The van der Waals surface area contributed by atoms with Crippen LogP contribution in [0.3, 0.4) is 0 Å². The number of piperazine rings is 1. The highest BCUT2D eigenvalue weighted by Gasteiger charge is 2.62. The summed E-state index contributed by atoms with van der Waals surface area (Å²) in [5.74, 6) is 0.915. The van der Waals surface area contributed by atoms with Crippen LogP contribution < -0.4 is 29.3 Å². The van der Waals surface area contributed by atoms with Gasteiger partial charge in [-0.15, -0.1) is 0 Å². The molecule has 1 spiro atoms. The van der Waals surface area contributed by atoms with Gasteiger partial charge in [0.15, 0.2) is 16.9 Å². The fourth-order valence-electron chi connectivity index (χ4n) is 6.52. The molecule has 3 aromatic rings. The number of carbonyl (C=O) groups is 3. The normalized spacial score (nSPS) is 21.5. The maximum atomic E-state index is 14.5. The van der Waals surface area contributed by atoms with E-state index in [0.29, 0.717) is 37.6 Å². The number of fused-ring (bicyclic) bond motifs is 4. The molecule has 3 aliphatic heterocycles. The first-order chi connectivity index (χ1) is 20.4. The third kappa shape index (κ3) is 4.47. The second-order valence-corrected chi connectivity index (χ2v) is 10.8. The summed E-state index contributed by atoms with van der Waals surface area (Å²) in [6, 6.07) is 20.0. The minimum atomic E-state index is -1.47. The van der Waals surface area contributed by atoms with Crippen molar-refractivity contribution < 1.29 is 28.6 Å². The van der Waals surface area contributed by atoms with Crippen LogP contribution in [0, 0.1) is 5.41 Å². The smallest absolute Gasteiger partial charge is 0.330 e. The summed E-state index contributed by atoms with van der Waals surface area (Å²) in [4.78, 5) is 47.1. The fraction of sp³-hybridized carbons (Fsp3) is 0.344. The van der Waals surface area contributed by atoms with Crippen LogP contribution >= 0.6 is 0 Å². The van der Waals surface area contributed by atoms with Crippen LogP contribution in [-0.4, -0.2) is 76.3 Å². The molecule has 218 valence electrons. The van der Waals surface area contributed by atoms with Crippen molar-refractivity contribution in [3.05, 3.63) is 77.9 Å². The number of rotatable bonds is 7. The SMILES string of the molecule is COc1ccc(N2CCN3c4ccccc4C[C@@]4(C(=O)NC(=O)N(CCc5ccc(OC)c(OC)c5)C4=O)[C@@H]3C2)cc1. The number of urea groups is 1. The van der Waals surface area contributed by atoms with Gasteiger partial charge in [-0.3, -0.25) is 19.8 Å². The van der Waals surface area contributed by atoms with Crippen molar-refractivity contribution in [3.63, 3.8) is 0 Å². The molecule has 0 aromatic heterocycles. The predicted octanol–water partition coefficient (Wildman–Crippen LogP) is 3.27. The van der Waals surface area contributed by atoms with Gasteiger partial charge >= 0.3 is 6.03 Å². The standard InChI is InChI=1S/C32H34N4O6/c1-40-24-11-9-23(10-12-24)34-16-17-35-25-7-5-4-6-22(25)19-32(28(35)20-34)29(37)33-31(39)36(30(32)38)15-14-21-8-13-26(41-2)27(18-21)42-3/h4-13,18,28H,14-17,19-20H2,1-3H3,(H,33,37,39)/t28-,32-/m0/s1. The molecule has 3 aliphatic rings. The molecule has 3 aromatic carbocycles. The second-order valence-electron chi connectivity index (χ2n) is 10.8. The van der Waals surface area contributed by atoms with E-state index in [9.17, 15) is 14.4 Å². The van der Waals surface area contributed by atoms with E-state index in [1.54, 1.807) is 27.4 Å². The van der Waals surface area contributed by atoms with Crippen molar-refractivity contribution in [3.8, 4) is 17.2 Å². The topological polar surface area (TPSA) is 101 Å². The zero-order valence-electron chi connectivity index (χ0n) is 24.0. The van der Waals surface area contributed by atoms with Crippen molar-refractivity contribution in [1.29, 1.82) is 0 Å². The Morgan fingerprint density at radius 2 is 1.64 bits per heavy atom. The molecule has 6 rings (SSSR count). The average Bonchev–Trinajstić information content (AvgIpc) is 3.03. The first-order valence-corrected chi connectivity index (χ1v) is 14.0. The highest BCUT2D eigenvalue weighted by molar-refractivity contribution is 6.20. The monoisotopic (exact) mass is 570 g/mol. The Hall–Kier alpha value is -4.73. The van der Waals surface area contributed by atoms with Gasteiger partial charge in [0, 0.05) is 37.6 Å². The van der Waals surface area contributed by atoms with Crippen LogP contribution in [0.4, 0.5) is 16.2 Å². The number of para-hydroxylation sites is 1. The third-order valence-electron chi connectivity index (χ3n) is 8.73. The van der Waals surface area contributed by atoms with Crippen LogP contribution in [0.2, 0.25) is 0 Å². The molecule has 1 N–H and O–H groups in total. The number of ether oxygens (including phenoxy) is 3. The van der Waals surface area contributed by atoms with Gasteiger partial charge in [-0.25, -0.2) is 4.79 Å². The molecule has 0 aliphatic carbocycles. The molecule has 2 fully saturated rings. The first kappa shape index (κ1) is 27.4. The Labute approximate surface area is 244 Å². The molecule has 4 amide bonds. The number of anilines is 2. The number of hydrogen-bond acceptors (Lipinski definition) is 8. The largest absolute Gasteiger partial charge is 0.497 e. The lowest BCUT2D eigenvalue weighted by atomic mass is 9.67.